The summed E-state index contributed by atoms with van der Waals surface area (Å²) in [5.41, 5.74) is 1.43. The van der Waals surface area contributed by atoms with Gasteiger partial charge in [-0.15, -0.1) is 0 Å². The number of halogens is 2. The number of benzene rings is 1. The van der Waals surface area contributed by atoms with E-state index < -0.39 is 6.09 Å². The van der Waals surface area contributed by atoms with E-state index in [2.05, 4.69) is 0 Å². The van der Waals surface area contributed by atoms with Crippen LogP contribution in [-0.4, -0.2) is 21.6 Å². The van der Waals surface area contributed by atoms with Crippen molar-refractivity contribution in [2.24, 2.45) is 0 Å². The summed E-state index contributed by atoms with van der Waals surface area (Å²) < 4.78 is 1.02. The Balaban J connectivity index is 2.49. The van der Waals surface area contributed by atoms with Gasteiger partial charge in [-0.25, -0.2) is 9.36 Å². The van der Waals surface area contributed by atoms with Crippen molar-refractivity contribution in [3.63, 3.8) is 0 Å². The smallest absolute Gasteiger partial charge is 0.416 e. The molecule has 0 aliphatic heterocycles. The van der Waals surface area contributed by atoms with Crippen LogP contribution in [0, 0.1) is 0 Å². The molecule has 0 unspecified atom stereocenters. The van der Waals surface area contributed by atoms with E-state index >= 15 is 0 Å². The van der Waals surface area contributed by atoms with Gasteiger partial charge >= 0.3 is 6.09 Å². The minimum absolute atomic E-state index is 0.146. The fourth-order valence-corrected chi connectivity index (χ4v) is 2.96. The van der Waals surface area contributed by atoms with Crippen LogP contribution in [0.2, 0.25) is 10.0 Å². The van der Waals surface area contributed by atoms with Crippen LogP contribution >= 0.6 is 23.2 Å². The van der Waals surface area contributed by atoms with Gasteiger partial charge in [0, 0.05) is 11.8 Å². The first-order chi connectivity index (χ1) is 9.00. The Kier molecular flexibility index (Phi) is 2.80. The Hall–Kier alpha value is -1.52. The lowest BCUT2D eigenvalue weighted by atomic mass is 9.94. The quantitative estimate of drug-likeness (QED) is 0.800. The highest BCUT2D eigenvalue weighted by Crippen LogP contribution is 2.36. The maximum absolute atomic E-state index is 12.0. The van der Waals surface area contributed by atoms with Crippen LogP contribution in [0.1, 0.15) is 28.9 Å². The van der Waals surface area contributed by atoms with Crippen LogP contribution in [0.5, 0.6) is 0 Å². The Labute approximate surface area is 118 Å². The molecule has 4 nitrogen and oxygen atoms in total. The Bertz CT molecular complexity index is 733. The molecular formula is C13H9Cl2NO3. The molecule has 2 aromatic rings. The lowest BCUT2D eigenvalue weighted by Crippen LogP contribution is -2.19. The molecule has 0 radical (unpaired) electrons. The number of rotatable bonds is 0. The van der Waals surface area contributed by atoms with E-state index in [4.69, 9.17) is 23.2 Å². The van der Waals surface area contributed by atoms with Gasteiger partial charge < -0.3 is 5.11 Å². The molecule has 1 aromatic heterocycles. The van der Waals surface area contributed by atoms with E-state index in [-0.39, 0.29) is 16.5 Å². The van der Waals surface area contributed by atoms with E-state index in [0.29, 0.717) is 28.8 Å². The van der Waals surface area contributed by atoms with Crippen LogP contribution < -0.4 is 0 Å². The summed E-state index contributed by atoms with van der Waals surface area (Å²) in [5.74, 6) is -0.146. The maximum Gasteiger partial charge on any atom is 0.416 e. The minimum Gasteiger partial charge on any atom is -0.464 e. The van der Waals surface area contributed by atoms with Crippen LogP contribution in [0.15, 0.2) is 12.1 Å². The normalized spacial score (nSPS) is 14.7. The highest BCUT2D eigenvalue weighted by atomic mass is 35.5. The summed E-state index contributed by atoms with van der Waals surface area (Å²) in [4.78, 5) is 23.4. The van der Waals surface area contributed by atoms with Gasteiger partial charge in [0.25, 0.3) is 0 Å². The van der Waals surface area contributed by atoms with Crippen molar-refractivity contribution < 1.29 is 14.7 Å². The third-order valence-electron chi connectivity index (χ3n) is 3.40. The predicted molar refractivity (Wildman–Crippen MR) is 72.6 cm³/mol. The SMILES string of the molecule is O=C1CCCc2c1n(C(=O)O)c1cc(Cl)c(Cl)cc21. The highest BCUT2D eigenvalue weighted by molar-refractivity contribution is 6.43. The molecular weight excluding hydrogens is 289 g/mol. The molecule has 1 aromatic carbocycles. The molecule has 0 amide bonds. The minimum atomic E-state index is -1.18. The topological polar surface area (TPSA) is 59.3 Å². The van der Waals surface area contributed by atoms with Gasteiger partial charge in [-0.2, -0.15) is 0 Å². The van der Waals surface area contributed by atoms with Crippen molar-refractivity contribution in [2.75, 3.05) is 0 Å². The number of Topliss-reactive ketones (excluding diaryl/α,β-unsaturated/α-hetero) is 1. The molecule has 0 bridgehead atoms. The van der Waals surface area contributed by atoms with Gasteiger partial charge in [-0.05, 0) is 30.5 Å². The zero-order valence-corrected chi connectivity index (χ0v) is 11.3. The number of ketones is 1. The van der Waals surface area contributed by atoms with Gasteiger partial charge in [0.1, 0.15) is 0 Å². The van der Waals surface area contributed by atoms with Gasteiger partial charge in [0.2, 0.25) is 0 Å². The summed E-state index contributed by atoms with van der Waals surface area (Å²) in [6.07, 6.45) is 0.596. The monoisotopic (exact) mass is 297 g/mol. The number of aromatic nitrogens is 1. The summed E-state index contributed by atoms with van der Waals surface area (Å²) in [7, 11) is 0. The number of hydrogen-bond acceptors (Lipinski definition) is 2. The summed E-state index contributed by atoms with van der Waals surface area (Å²) in [6, 6.07) is 3.13. The largest absolute Gasteiger partial charge is 0.464 e. The third-order valence-corrected chi connectivity index (χ3v) is 4.12. The summed E-state index contributed by atoms with van der Waals surface area (Å²) >= 11 is 11.9. The number of hydrogen-bond donors (Lipinski definition) is 1. The average molecular weight is 298 g/mol. The number of fused-ring (bicyclic) bond motifs is 3. The average Bonchev–Trinajstić information content (AvgIpc) is 2.66. The molecule has 0 atom stereocenters. The fourth-order valence-electron chi connectivity index (χ4n) is 2.63. The molecule has 1 aliphatic rings. The van der Waals surface area contributed by atoms with Crippen molar-refractivity contribution in [3.05, 3.63) is 33.4 Å². The number of carboxylic acid groups (broad SMARTS) is 1. The fraction of sp³-hybridized carbons (Fsp3) is 0.231. The Morgan fingerprint density at radius 2 is 1.89 bits per heavy atom. The standard InChI is InChI=1S/C13H9Cl2NO3/c14-8-4-7-6-2-1-3-11(17)12(6)16(13(18)19)10(7)5-9(8)15/h4-5H,1-3H2,(H,18,19). The molecule has 1 N–H and O–H groups in total. The van der Waals surface area contributed by atoms with Crippen LogP contribution in [-0.2, 0) is 6.42 Å². The van der Waals surface area contributed by atoms with Gasteiger partial charge in [-0.3, -0.25) is 4.79 Å². The van der Waals surface area contributed by atoms with Crippen molar-refractivity contribution in [3.8, 4) is 0 Å². The molecule has 0 fully saturated rings. The van der Waals surface area contributed by atoms with Gasteiger partial charge in [0.15, 0.2) is 5.78 Å². The zero-order chi connectivity index (χ0) is 13.7. The zero-order valence-electron chi connectivity index (χ0n) is 9.74. The predicted octanol–water partition coefficient (Wildman–Crippen LogP) is 3.99. The van der Waals surface area contributed by atoms with Gasteiger partial charge in [0.05, 0.1) is 21.3 Å². The van der Waals surface area contributed by atoms with E-state index in [1.807, 2.05) is 0 Å². The Morgan fingerprint density at radius 3 is 2.58 bits per heavy atom. The lowest BCUT2D eigenvalue weighted by Gasteiger charge is -2.11. The van der Waals surface area contributed by atoms with Crippen molar-refractivity contribution >= 4 is 46.0 Å². The first kappa shape index (κ1) is 12.5. The maximum atomic E-state index is 12.0. The first-order valence-corrected chi connectivity index (χ1v) is 6.55. The van der Waals surface area contributed by atoms with Crippen molar-refractivity contribution in [2.45, 2.75) is 19.3 Å². The van der Waals surface area contributed by atoms with Crippen molar-refractivity contribution in [1.82, 2.24) is 4.57 Å². The van der Waals surface area contributed by atoms with Crippen LogP contribution in [0.25, 0.3) is 10.9 Å². The van der Waals surface area contributed by atoms with Gasteiger partial charge in [-0.1, -0.05) is 23.2 Å². The number of aryl methyl sites for hydroxylation is 1. The first-order valence-electron chi connectivity index (χ1n) is 5.79. The van der Waals surface area contributed by atoms with E-state index in [0.717, 1.165) is 16.6 Å². The van der Waals surface area contributed by atoms with Crippen molar-refractivity contribution in [1.29, 1.82) is 0 Å². The molecule has 19 heavy (non-hydrogen) atoms. The highest BCUT2D eigenvalue weighted by Gasteiger charge is 2.29. The van der Waals surface area contributed by atoms with E-state index in [1.165, 1.54) is 6.07 Å². The summed E-state index contributed by atoms with van der Waals surface area (Å²) in [6.45, 7) is 0. The van der Waals surface area contributed by atoms with E-state index in [1.54, 1.807) is 6.07 Å². The summed E-state index contributed by atoms with van der Waals surface area (Å²) in [5, 5.41) is 10.7. The number of carbonyl (C=O) groups excluding carboxylic acids is 1. The molecule has 3 rings (SSSR count). The number of nitrogens with zero attached hydrogens (tertiary/aromatic N) is 1. The second-order valence-corrected chi connectivity index (χ2v) is 5.32. The molecule has 0 saturated heterocycles. The molecule has 1 heterocycles. The lowest BCUT2D eigenvalue weighted by molar-refractivity contribution is 0.0962. The van der Waals surface area contributed by atoms with Crippen LogP contribution in [0.3, 0.4) is 0 Å². The van der Waals surface area contributed by atoms with E-state index in [9.17, 15) is 14.7 Å². The molecule has 6 heteroatoms. The molecule has 1 aliphatic carbocycles. The second kappa shape index (κ2) is 4.25. The Morgan fingerprint density at radius 1 is 1.21 bits per heavy atom. The molecule has 0 spiro atoms. The van der Waals surface area contributed by atoms with Crippen LogP contribution in [0.4, 0.5) is 4.79 Å². The second-order valence-electron chi connectivity index (χ2n) is 4.51. The molecule has 0 saturated carbocycles. The molecule has 98 valence electrons. The number of carbonyl (C=O) groups is 2. The third kappa shape index (κ3) is 1.75.